The van der Waals surface area contributed by atoms with Crippen LogP contribution in [0, 0.1) is 5.82 Å². The topological polar surface area (TPSA) is 69.0 Å². The van der Waals surface area contributed by atoms with Gasteiger partial charge in [0, 0.05) is 24.8 Å². The van der Waals surface area contributed by atoms with Crippen molar-refractivity contribution in [2.24, 2.45) is 0 Å². The third kappa shape index (κ3) is 5.25. The van der Waals surface area contributed by atoms with Gasteiger partial charge in [-0.05, 0) is 61.7 Å². The molecule has 0 saturated heterocycles. The molecule has 2 heterocycles. The molecule has 31 heavy (non-hydrogen) atoms. The van der Waals surface area contributed by atoms with Crippen LogP contribution >= 0.6 is 0 Å². The van der Waals surface area contributed by atoms with E-state index >= 15 is 0 Å². The molecule has 0 unspecified atom stereocenters. The molecule has 0 aliphatic carbocycles. The summed E-state index contributed by atoms with van der Waals surface area (Å²) < 4.78 is 20.9. The number of carbonyl (C=O) groups is 1. The molecular formula is C24H23FN4O2. The molecule has 6 nitrogen and oxygen atoms in total. The highest BCUT2D eigenvalue weighted by Crippen LogP contribution is 2.27. The second-order valence-corrected chi connectivity index (χ2v) is 7.16. The number of aryl methyl sites for hydroxylation is 1. The van der Waals surface area contributed by atoms with E-state index in [4.69, 9.17) is 4.74 Å². The maximum Gasteiger partial charge on any atom is 0.251 e. The van der Waals surface area contributed by atoms with Crippen molar-refractivity contribution < 1.29 is 13.9 Å². The van der Waals surface area contributed by atoms with E-state index in [0.717, 1.165) is 42.6 Å². The van der Waals surface area contributed by atoms with E-state index in [2.05, 4.69) is 19.9 Å². The zero-order valence-corrected chi connectivity index (χ0v) is 17.0. The fraction of sp³-hybridized carbons (Fsp3) is 0.208. The van der Waals surface area contributed by atoms with Gasteiger partial charge in [-0.3, -0.25) is 4.79 Å². The Morgan fingerprint density at radius 1 is 0.968 bits per heavy atom. The van der Waals surface area contributed by atoms with Crippen LogP contribution in [0.4, 0.5) is 4.39 Å². The minimum Gasteiger partial charge on any atom is -0.438 e. The van der Waals surface area contributed by atoms with E-state index in [1.54, 1.807) is 0 Å². The van der Waals surface area contributed by atoms with Crippen molar-refractivity contribution in [1.29, 1.82) is 0 Å². The molecule has 0 aliphatic heterocycles. The van der Waals surface area contributed by atoms with Gasteiger partial charge in [0.1, 0.15) is 23.5 Å². The average Bonchev–Trinajstić information content (AvgIpc) is 3.21. The van der Waals surface area contributed by atoms with Gasteiger partial charge >= 0.3 is 0 Å². The van der Waals surface area contributed by atoms with Crippen molar-refractivity contribution in [3.8, 4) is 11.6 Å². The molecule has 0 aliphatic rings. The van der Waals surface area contributed by atoms with Crippen molar-refractivity contribution in [2.45, 2.75) is 25.8 Å². The lowest BCUT2D eigenvalue weighted by Crippen LogP contribution is -2.24. The van der Waals surface area contributed by atoms with Gasteiger partial charge in [-0.25, -0.2) is 14.4 Å². The number of fused-ring (bicyclic) bond motifs is 1. The van der Waals surface area contributed by atoms with Gasteiger partial charge in [-0.1, -0.05) is 18.2 Å². The first-order valence-corrected chi connectivity index (χ1v) is 10.3. The van der Waals surface area contributed by atoms with Crippen LogP contribution in [0.5, 0.6) is 11.6 Å². The number of hydrogen-bond acceptors (Lipinski definition) is 4. The molecule has 0 atom stereocenters. The van der Waals surface area contributed by atoms with E-state index in [1.807, 2.05) is 42.6 Å². The summed E-state index contributed by atoms with van der Waals surface area (Å²) in [7, 11) is 0. The molecule has 2 aromatic carbocycles. The lowest BCUT2D eigenvalue weighted by Gasteiger charge is -2.08. The molecule has 158 valence electrons. The van der Waals surface area contributed by atoms with Gasteiger partial charge in [-0.15, -0.1) is 0 Å². The minimum atomic E-state index is -0.349. The van der Waals surface area contributed by atoms with Crippen LogP contribution in [0.3, 0.4) is 0 Å². The average molecular weight is 418 g/mol. The van der Waals surface area contributed by atoms with Crippen LogP contribution in [0.15, 0.2) is 73.2 Å². The molecule has 0 spiro atoms. The predicted octanol–water partition coefficient (Wildman–Crippen LogP) is 4.96. The summed E-state index contributed by atoms with van der Waals surface area (Å²) in [6, 6.07) is 17.1. The third-order valence-corrected chi connectivity index (χ3v) is 4.95. The highest BCUT2D eigenvalue weighted by atomic mass is 19.1. The molecule has 4 rings (SSSR count). The first-order chi connectivity index (χ1) is 15.2. The number of ether oxygens (including phenoxy) is 1. The first-order valence-electron chi connectivity index (χ1n) is 10.3. The summed E-state index contributed by atoms with van der Waals surface area (Å²) >= 11 is 0. The number of nitrogens with zero attached hydrogens (tertiary/aromatic N) is 3. The summed E-state index contributed by atoms with van der Waals surface area (Å²) in [5, 5.41) is 3.74. The van der Waals surface area contributed by atoms with E-state index in [9.17, 15) is 9.18 Å². The molecule has 2 aromatic heterocycles. The van der Waals surface area contributed by atoms with E-state index in [1.165, 1.54) is 30.6 Å². The fourth-order valence-electron chi connectivity index (χ4n) is 3.33. The Bertz CT molecular complexity index is 1140. The molecule has 0 radical (unpaired) electrons. The Morgan fingerprint density at radius 2 is 1.77 bits per heavy atom. The van der Waals surface area contributed by atoms with E-state index < -0.39 is 0 Å². The number of hydrogen-bond donors (Lipinski definition) is 1. The van der Waals surface area contributed by atoms with Crippen LogP contribution < -0.4 is 10.1 Å². The van der Waals surface area contributed by atoms with Gasteiger partial charge in [0.2, 0.25) is 5.88 Å². The number of para-hydroxylation sites is 1. The Morgan fingerprint density at radius 3 is 2.58 bits per heavy atom. The van der Waals surface area contributed by atoms with Gasteiger partial charge in [0.05, 0.1) is 5.39 Å². The molecule has 0 saturated carbocycles. The maximum atomic E-state index is 12.9. The second-order valence-electron chi connectivity index (χ2n) is 7.16. The Balaban J connectivity index is 1.25. The normalized spacial score (nSPS) is 10.9. The molecule has 4 aromatic rings. The van der Waals surface area contributed by atoms with Crippen LogP contribution in [-0.4, -0.2) is 27.0 Å². The summed E-state index contributed by atoms with van der Waals surface area (Å²) in [5.41, 5.74) is 1.30. The second kappa shape index (κ2) is 9.84. The smallest absolute Gasteiger partial charge is 0.251 e. The zero-order valence-electron chi connectivity index (χ0n) is 17.0. The van der Waals surface area contributed by atoms with E-state index in [-0.39, 0.29) is 11.7 Å². The van der Waals surface area contributed by atoms with E-state index in [0.29, 0.717) is 18.0 Å². The van der Waals surface area contributed by atoms with Crippen LogP contribution in [0.25, 0.3) is 11.0 Å². The predicted molar refractivity (Wildman–Crippen MR) is 117 cm³/mol. The quantitative estimate of drug-likeness (QED) is 0.390. The Hall–Kier alpha value is -3.74. The molecule has 7 heteroatoms. The number of carbonyl (C=O) groups excluding carboxylic acids is 1. The van der Waals surface area contributed by atoms with Gasteiger partial charge in [0.15, 0.2) is 0 Å². The number of rotatable bonds is 9. The zero-order chi connectivity index (χ0) is 21.5. The largest absolute Gasteiger partial charge is 0.438 e. The maximum absolute atomic E-state index is 12.9. The summed E-state index contributed by atoms with van der Waals surface area (Å²) in [4.78, 5) is 20.7. The molecular weight excluding hydrogens is 395 g/mol. The summed E-state index contributed by atoms with van der Waals surface area (Å²) in [6.07, 6.45) is 6.29. The molecule has 1 amide bonds. The van der Waals surface area contributed by atoms with Crippen molar-refractivity contribution >= 4 is 16.9 Å². The van der Waals surface area contributed by atoms with Crippen molar-refractivity contribution in [1.82, 2.24) is 19.9 Å². The van der Waals surface area contributed by atoms with Crippen molar-refractivity contribution in [3.63, 3.8) is 0 Å². The first kappa shape index (κ1) is 20.5. The van der Waals surface area contributed by atoms with Crippen molar-refractivity contribution in [3.05, 3.63) is 84.6 Å². The number of benzene rings is 2. The number of nitrogens with one attached hydrogen (secondary N) is 1. The highest BCUT2D eigenvalue weighted by molar-refractivity contribution is 5.94. The number of amides is 1. The highest BCUT2D eigenvalue weighted by Gasteiger charge is 2.10. The van der Waals surface area contributed by atoms with Crippen LogP contribution in [-0.2, 0) is 6.54 Å². The summed E-state index contributed by atoms with van der Waals surface area (Å²) in [6.45, 7) is 1.40. The Kier molecular flexibility index (Phi) is 6.52. The number of unbranched alkanes of at least 4 members (excludes halogenated alkanes) is 2. The van der Waals surface area contributed by atoms with Crippen molar-refractivity contribution in [2.75, 3.05) is 6.54 Å². The van der Waals surface area contributed by atoms with Gasteiger partial charge < -0.3 is 14.6 Å². The molecule has 1 N–H and O–H groups in total. The third-order valence-electron chi connectivity index (χ3n) is 4.95. The van der Waals surface area contributed by atoms with Crippen LogP contribution in [0.1, 0.15) is 29.6 Å². The van der Waals surface area contributed by atoms with Gasteiger partial charge in [-0.2, -0.15) is 0 Å². The molecule has 0 fully saturated rings. The monoisotopic (exact) mass is 418 g/mol. The molecule has 0 bridgehead atoms. The lowest BCUT2D eigenvalue weighted by atomic mass is 10.2. The van der Waals surface area contributed by atoms with Gasteiger partial charge in [0.25, 0.3) is 5.91 Å². The standard InChI is InChI=1S/C24H23FN4O2/c25-19-11-9-18(10-12-19)23(30)26-14-5-2-6-15-29-16-13-21-22(29)27-17-28-24(21)31-20-7-3-1-4-8-20/h1,3-4,7-13,16-17H,2,5-6,14-15H2,(H,26,30). The Labute approximate surface area is 179 Å². The number of halogens is 1. The summed E-state index contributed by atoms with van der Waals surface area (Å²) in [5.74, 6) is 0.744. The number of aromatic nitrogens is 3. The SMILES string of the molecule is O=C(NCCCCCn1ccc2c(Oc3ccccc3)ncnc21)c1ccc(F)cc1. The fourth-order valence-corrected chi connectivity index (χ4v) is 3.33. The minimum absolute atomic E-state index is 0.181. The van der Waals surface area contributed by atoms with Crippen LogP contribution in [0.2, 0.25) is 0 Å². The lowest BCUT2D eigenvalue weighted by molar-refractivity contribution is 0.0953.